The van der Waals surface area contributed by atoms with Crippen LogP contribution in [0.15, 0.2) is 0 Å². The second kappa shape index (κ2) is 46.8. The van der Waals surface area contributed by atoms with Gasteiger partial charge in [0.15, 0.2) is 0 Å². The molecule has 0 aromatic rings. The molecule has 0 aliphatic carbocycles. The maximum absolute atomic E-state index is 12.3. The molecule has 6 N–H and O–H groups in total. The van der Waals surface area contributed by atoms with E-state index in [0.29, 0.717) is 71.6 Å². The van der Waals surface area contributed by atoms with E-state index in [1.165, 1.54) is 51.4 Å². The maximum atomic E-state index is 12.3. The predicted octanol–water partition coefficient (Wildman–Crippen LogP) is 5.50. The molecule has 0 aromatic heterocycles. The van der Waals surface area contributed by atoms with E-state index >= 15 is 0 Å². The monoisotopic (exact) mass is 889 g/mol. The van der Waals surface area contributed by atoms with Gasteiger partial charge in [0, 0.05) is 57.3 Å². The van der Waals surface area contributed by atoms with Crippen LogP contribution in [-0.2, 0) is 52.5 Å². The average molecular weight is 889 g/mol. The summed E-state index contributed by atoms with van der Waals surface area (Å²) < 4.78 is 21.5. The van der Waals surface area contributed by atoms with Gasteiger partial charge in [-0.2, -0.15) is 0 Å². The van der Waals surface area contributed by atoms with Crippen molar-refractivity contribution in [2.24, 2.45) is 5.92 Å². The van der Waals surface area contributed by atoms with Gasteiger partial charge in [-0.1, -0.05) is 97.3 Å². The lowest BCUT2D eigenvalue weighted by Crippen LogP contribution is -2.34. The molecule has 362 valence electrons. The van der Waals surface area contributed by atoms with Crippen molar-refractivity contribution >= 4 is 41.9 Å². The predicted molar refractivity (Wildman–Crippen MR) is 238 cm³/mol. The Morgan fingerprint density at radius 2 is 0.855 bits per heavy atom. The molecule has 0 rings (SSSR count). The first kappa shape index (κ1) is 60.4. The molecule has 4 amide bonds. The van der Waals surface area contributed by atoms with Gasteiger partial charge >= 0.3 is 5.97 Å². The third kappa shape index (κ3) is 49.0. The number of amides is 4. The Morgan fingerprint density at radius 1 is 0.468 bits per heavy atom. The van der Waals surface area contributed by atoms with Gasteiger partial charge in [0.1, 0.15) is 19.0 Å². The van der Waals surface area contributed by atoms with Crippen LogP contribution in [-0.4, -0.2) is 131 Å². The topological polar surface area (TPSA) is 245 Å². The van der Waals surface area contributed by atoms with Crippen molar-refractivity contribution in [3.05, 3.63) is 0 Å². The molecule has 0 saturated heterocycles. The average Bonchev–Trinajstić information content (AvgIpc) is 3.23. The zero-order valence-corrected chi connectivity index (χ0v) is 38.5. The number of carbonyl (C=O) groups is 7. The first-order valence-corrected chi connectivity index (χ1v) is 23.2. The fraction of sp³-hybridized carbons (Fsp3) is 0.844. The Kier molecular flexibility index (Phi) is 45.6. The fourth-order valence-corrected chi connectivity index (χ4v) is 6.05. The number of Topliss-reactive ketones (excluding diaryl/α,β-unsaturated/α-hetero) is 1. The number of aliphatic carboxylic acids is 1. The van der Waals surface area contributed by atoms with E-state index in [0.717, 1.165) is 57.8 Å². The number of carboxylic acid groups (broad SMARTS) is 2. The van der Waals surface area contributed by atoms with Crippen molar-refractivity contribution in [2.45, 2.75) is 168 Å². The molecule has 0 aromatic carbocycles. The van der Waals surface area contributed by atoms with Crippen molar-refractivity contribution in [2.75, 3.05) is 72.5 Å². The highest BCUT2D eigenvalue weighted by molar-refractivity contribution is 5.80. The summed E-state index contributed by atoms with van der Waals surface area (Å²) in [7, 11) is 0. The Hall–Kier alpha value is -3.67. The van der Waals surface area contributed by atoms with Crippen LogP contribution in [0.2, 0.25) is 0 Å². The third-order valence-electron chi connectivity index (χ3n) is 9.67. The van der Waals surface area contributed by atoms with Gasteiger partial charge in [0.2, 0.25) is 23.6 Å². The van der Waals surface area contributed by atoms with Crippen molar-refractivity contribution in [3.63, 3.8) is 0 Å². The molecular formula is C45H84N4O13. The third-order valence-corrected chi connectivity index (χ3v) is 9.67. The highest BCUT2D eigenvalue weighted by atomic mass is 16.5. The molecule has 0 heterocycles. The summed E-state index contributed by atoms with van der Waals surface area (Å²) in [4.78, 5) is 78.6. The van der Waals surface area contributed by atoms with Gasteiger partial charge in [0.25, 0.3) is 6.47 Å². The summed E-state index contributed by atoms with van der Waals surface area (Å²) in [6.45, 7) is 8.27. The summed E-state index contributed by atoms with van der Waals surface area (Å²) in [5.74, 6) is -0.863. The van der Waals surface area contributed by atoms with Crippen LogP contribution in [0.1, 0.15) is 162 Å². The lowest BCUT2D eigenvalue weighted by molar-refractivity contribution is -0.137. The van der Waals surface area contributed by atoms with E-state index in [2.05, 4.69) is 21.3 Å². The molecule has 17 heteroatoms. The van der Waals surface area contributed by atoms with Crippen molar-refractivity contribution < 1.29 is 62.7 Å². The van der Waals surface area contributed by atoms with Crippen molar-refractivity contribution in [1.29, 1.82) is 0 Å². The summed E-state index contributed by atoms with van der Waals surface area (Å²) >= 11 is 0. The summed E-state index contributed by atoms with van der Waals surface area (Å²) in [6, 6.07) is -0.0737. The minimum absolute atomic E-state index is 0.0374. The molecule has 1 atom stereocenters. The number of hydrogen-bond donors (Lipinski definition) is 6. The van der Waals surface area contributed by atoms with E-state index in [1.54, 1.807) is 0 Å². The number of ketones is 1. The Bertz CT molecular complexity index is 1140. The van der Waals surface area contributed by atoms with Crippen LogP contribution in [0.4, 0.5) is 0 Å². The molecule has 62 heavy (non-hydrogen) atoms. The molecule has 0 aliphatic heterocycles. The van der Waals surface area contributed by atoms with Crippen LogP contribution in [0.5, 0.6) is 0 Å². The number of carboxylic acids is 1. The summed E-state index contributed by atoms with van der Waals surface area (Å²) in [6.07, 6.45) is 20.9. The normalized spacial score (nSPS) is 11.3. The van der Waals surface area contributed by atoms with Gasteiger partial charge in [-0.15, -0.1) is 0 Å². The van der Waals surface area contributed by atoms with E-state index in [-0.39, 0.29) is 80.9 Å². The lowest BCUT2D eigenvalue weighted by Gasteiger charge is -2.14. The van der Waals surface area contributed by atoms with E-state index in [4.69, 9.17) is 34.0 Å². The van der Waals surface area contributed by atoms with Crippen LogP contribution in [0.25, 0.3) is 0 Å². The Balaban J connectivity index is 0. The van der Waals surface area contributed by atoms with E-state index < -0.39 is 5.97 Å². The standard InChI is InChI=1S/C44H82N4O11.CH2O2/c1-37(2)39(49)21-17-16-20-26-45-42(52)35-58-33-32-57-30-28-47-43(53)36-59-34-31-56-29-27-46-40(50)25-24-38(3)48-41(51)22-18-14-12-10-8-6-4-5-7-9-11-13-15-19-23-44(54)55;2-1-3/h37-38H,4-36H2,1-3H3,(H,45,52)(H,46,50)(H,47,53)(H,48,51)(H,54,55);1H,(H,2,3). The Labute approximate surface area is 371 Å². The number of nitrogens with one attached hydrogen (secondary N) is 4. The zero-order chi connectivity index (χ0) is 46.3. The van der Waals surface area contributed by atoms with E-state index in [9.17, 15) is 28.8 Å². The summed E-state index contributed by atoms with van der Waals surface area (Å²) in [5.41, 5.74) is 0. The molecule has 0 spiro atoms. The molecule has 0 fully saturated rings. The number of unbranched alkanes of at least 4 members (excludes halogenated alkanes) is 15. The van der Waals surface area contributed by atoms with Crippen LogP contribution < -0.4 is 21.3 Å². The molecule has 0 radical (unpaired) electrons. The highest BCUT2D eigenvalue weighted by Gasteiger charge is 2.10. The van der Waals surface area contributed by atoms with Gasteiger partial charge in [-0.25, -0.2) is 0 Å². The van der Waals surface area contributed by atoms with Crippen LogP contribution in [0, 0.1) is 5.92 Å². The van der Waals surface area contributed by atoms with Gasteiger partial charge in [-0.3, -0.25) is 33.6 Å². The maximum Gasteiger partial charge on any atom is 0.303 e. The second-order valence-electron chi connectivity index (χ2n) is 15.8. The minimum Gasteiger partial charge on any atom is -0.483 e. The van der Waals surface area contributed by atoms with Crippen LogP contribution >= 0.6 is 0 Å². The fourth-order valence-electron chi connectivity index (χ4n) is 6.05. The van der Waals surface area contributed by atoms with Gasteiger partial charge in [0.05, 0.1) is 39.6 Å². The molecular weight excluding hydrogens is 805 g/mol. The highest BCUT2D eigenvalue weighted by Crippen LogP contribution is 2.14. The molecule has 17 nitrogen and oxygen atoms in total. The zero-order valence-electron chi connectivity index (χ0n) is 38.5. The van der Waals surface area contributed by atoms with E-state index in [1.807, 2.05) is 20.8 Å². The summed E-state index contributed by atoms with van der Waals surface area (Å²) in [5, 5.41) is 26.8. The molecule has 1 unspecified atom stereocenters. The number of carbonyl (C=O) groups excluding carboxylic acids is 5. The largest absolute Gasteiger partial charge is 0.483 e. The first-order valence-electron chi connectivity index (χ1n) is 23.2. The number of rotatable bonds is 44. The van der Waals surface area contributed by atoms with Crippen molar-refractivity contribution in [3.8, 4) is 0 Å². The Morgan fingerprint density at radius 3 is 1.32 bits per heavy atom. The number of hydrogen-bond acceptors (Lipinski definition) is 11. The van der Waals surface area contributed by atoms with Gasteiger partial charge in [-0.05, 0) is 39.0 Å². The SMILES string of the molecule is CC(CCC(=O)NCCOCCOCC(=O)NCCOCCOCC(=O)NCCCCCC(=O)C(C)C)NC(=O)CCCCCCCCCCCCCCCCC(=O)O.O=CO. The quantitative estimate of drug-likeness (QED) is 0.0328. The molecule has 0 aliphatic rings. The van der Waals surface area contributed by atoms with Crippen molar-refractivity contribution in [1.82, 2.24) is 21.3 Å². The second-order valence-corrected chi connectivity index (χ2v) is 15.8. The smallest absolute Gasteiger partial charge is 0.303 e. The lowest BCUT2D eigenvalue weighted by atomic mass is 10.0. The molecule has 0 saturated carbocycles. The van der Waals surface area contributed by atoms with Crippen LogP contribution in [0.3, 0.4) is 0 Å². The first-order chi connectivity index (χ1) is 29.9. The molecule has 0 bridgehead atoms. The van der Waals surface area contributed by atoms with Gasteiger partial charge < -0.3 is 50.4 Å². The number of ether oxygens (including phenoxy) is 4. The minimum atomic E-state index is -0.696.